The molecule has 5 heteroatoms. The summed E-state index contributed by atoms with van der Waals surface area (Å²) in [5.74, 6) is 0. The normalized spacial score (nSPS) is 12.3. The van der Waals surface area contributed by atoms with Gasteiger partial charge in [0.2, 0.25) is 0 Å². The SMILES string of the molecule is O=c1c2ccc(-c3ccccc3)cc2c2cccc3c4cc(-c5cccc6oc7ccc(-n8c9ccccc9c9c8ccc8c%10ccccc%10n(-c%10ccccc%10)c89)cc7c56)ccc4n1c23. The summed E-state index contributed by atoms with van der Waals surface area (Å²) in [5.41, 5.74) is 14.8. The molecular weight excluding hydrogens is 807 g/mol. The summed E-state index contributed by atoms with van der Waals surface area (Å²) >= 11 is 0. The van der Waals surface area contributed by atoms with Crippen LogP contribution >= 0.6 is 0 Å². The maximum Gasteiger partial charge on any atom is 0.263 e. The van der Waals surface area contributed by atoms with E-state index in [0.717, 1.165) is 99.2 Å². The van der Waals surface area contributed by atoms with Gasteiger partial charge in [-0.25, -0.2) is 0 Å². The zero-order valence-electron chi connectivity index (χ0n) is 35.4. The number of rotatable bonds is 4. The number of furan rings is 1. The first-order valence-corrected chi connectivity index (χ1v) is 22.5. The molecule has 0 N–H and O–H groups in total. The van der Waals surface area contributed by atoms with Crippen molar-refractivity contribution < 1.29 is 4.42 Å². The van der Waals surface area contributed by atoms with E-state index in [9.17, 15) is 4.79 Å². The van der Waals surface area contributed by atoms with E-state index in [1.807, 2.05) is 16.5 Å². The van der Waals surface area contributed by atoms with Crippen LogP contribution in [0.2, 0.25) is 0 Å². The Balaban J connectivity index is 0.951. The van der Waals surface area contributed by atoms with Crippen LogP contribution in [0, 0.1) is 0 Å². The van der Waals surface area contributed by atoms with Gasteiger partial charge in [-0.05, 0) is 107 Å². The molecule has 66 heavy (non-hydrogen) atoms. The minimum Gasteiger partial charge on any atom is -0.456 e. The summed E-state index contributed by atoms with van der Waals surface area (Å²) in [6, 6.07) is 75.3. The second-order valence-electron chi connectivity index (χ2n) is 17.6. The molecule has 10 aromatic carbocycles. The van der Waals surface area contributed by atoms with Crippen LogP contribution in [0.25, 0.3) is 137 Å². The molecule has 5 aromatic heterocycles. The van der Waals surface area contributed by atoms with E-state index in [2.05, 4.69) is 209 Å². The molecule has 0 fully saturated rings. The fourth-order valence-electron chi connectivity index (χ4n) is 11.4. The van der Waals surface area contributed by atoms with Crippen LogP contribution in [0.4, 0.5) is 0 Å². The van der Waals surface area contributed by atoms with E-state index in [0.29, 0.717) is 5.39 Å². The molecule has 0 amide bonds. The molecule has 0 saturated heterocycles. The van der Waals surface area contributed by atoms with Gasteiger partial charge in [0.25, 0.3) is 5.56 Å². The highest BCUT2D eigenvalue weighted by Crippen LogP contribution is 2.45. The Morgan fingerprint density at radius 3 is 1.82 bits per heavy atom. The second-order valence-corrected chi connectivity index (χ2v) is 17.6. The highest BCUT2D eigenvalue weighted by molar-refractivity contribution is 6.27. The monoisotopic (exact) mass is 841 g/mol. The number of benzene rings is 10. The number of para-hydroxylation sites is 4. The van der Waals surface area contributed by atoms with Gasteiger partial charge in [0.05, 0.1) is 33.1 Å². The maximum atomic E-state index is 14.5. The van der Waals surface area contributed by atoms with Gasteiger partial charge in [0.1, 0.15) is 11.2 Å². The molecule has 0 bridgehead atoms. The molecule has 0 aliphatic heterocycles. The summed E-state index contributed by atoms with van der Waals surface area (Å²) < 4.78 is 13.4. The fraction of sp³-hybridized carbons (Fsp3) is 0. The van der Waals surface area contributed by atoms with Crippen molar-refractivity contribution in [3.63, 3.8) is 0 Å². The van der Waals surface area contributed by atoms with Crippen molar-refractivity contribution in [2.24, 2.45) is 0 Å². The molecular formula is C61H35N3O2. The lowest BCUT2D eigenvalue weighted by atomic mass is 9.97. The number of fused-ring (bicyclic) bond motifs is 15. The van der Waals surface area contributed by atoms with Crippen LogP contribution in [-0.4, -0.2) is 13.5 Å². The van der Waals surface area contributed by atoms with Crippen molar-refractivity contribution in [1.29, 1.82) is 0 Å². The van der Waals surface area contributed by atoms with Gasteiger partial charge in [-0.3, -0.25) is 9.20 Å². The summed E-state index contributed by atoms with van der Waals surface area (Å²) in [5, 5.41) is 11.9. The minimum absolute atomic E-state index is 0.00107. The third kappa shape index (κ3) is 4.70. The van der Waals surface area contributed by atoms with Gasteiger partial charge in [-0.2, -0.15) is 0 Å². The Hall–Kier alpha value is -8.93. The van der Waals surface area contributed by atoms with Crippen molar-refractivity contribution in [2.75, 3.05) is 0 Å². The molecule has 15 rings (SSSR count). The van der Waals surface area contributed by atoms with Gasteiger partial charge >= 0.3 is 0 Å². The Bertz CT molecular complexity index is 4590. The summed E-state index contributed by atoms with van der Waals surface area (Å²) in [7, 11) is 0. The number of nitrogens with zero attached hydrogens (tertiary/aromatic N) is 3. The van der Waals surface area contributed by atoms with Crippen molar-refractivity contribution in [3.8, 4) is 33.6 Å². The molecule has 0 atom stereocenters. The van der Waals surface area contributed by atoms with Crippen molar-refractivity contribution in [3.05, 3.63) is 223 Å². The van der Waals surface area contributed by atoms with Gasteiger partial charge in [-0.15, -0.1) is 0 Å². The zero-order valence-corrected chi connectivity index (χ0v) is 35.4. The van der Waals surface area contributed by atoms with Gasteiger partial charge in [0.15, 0.2) is 0 Å². The first-order valence-electron chi connectivity index (χ1n) is 22.5. The average Bonchev–Trinajstić information content (AvgIpc) is 4.12. The fourth-order valence-corrected chi connectivity index (χ4v) is 11.4. The Kier molecular flexibility index (Phi) is 7.03. The van der Waals surface area contributed by atoms with Crippen LogP contribution in [-0.2, 0) is 0 Å². The number of hydrogen-bond donors (Lipinski definition) is 0. The van der Waals surface area contributed by atoms with Crippen molar-refractivity contribution in [2.45, 2.75) is 0 Å². The van der Waals surface area contributed by atoms with Crippen molar-refractivity contribution >= 4 is 104 Å². The lowest BCUT2D eigenvalue weighted by Crippen LogP contribution is -2.12. The smallest absolute Gasteiger partial charge is 0.263 e. The molecule has 0 radical (unpaired) electrons. The highest BCUT2D eigenvalue weighted by atomic mass is 16.3. The second kappa shape index (κ2) is 13.1. The Labute approximate surface area is 376 Å². The van der Waals surface area contributed by atoms with Crippen LogP contribution < -0.4 is 5.56 Å². The largest absolute Gasteiger partial charge is 0.456 e. The standard InChI is InChI=1S/C61H35N3O2/c65-61-46-28-25-37(36-13-3-1-4-14-36)33-48(46)43-20-11-21-44-49-34-38(26-30-53(49)64(61)59(43)44)41-19-12-24-56-57(41)50-35-40(27-32-55(50)66-56)62-52-23-10-8-18-47(52)58-54(62)31-29-45-42-17-7-9-22-51(42)63(60(45)58)39-15-5-2-6-16-39/h1-35H. The molecule has 15 aromatic rings. The Morgan fingerprint density at radius 2 is 0.970 bits per heavy atom. The first kappa shape index (κ1) is 35.5. The lowest BCUT2D eigenvalue weighted by Gasteiger charge is -2.10. The summed E-state index contributed by atoms with van der Waals surface area (Å²) in [6.45, 7) is 0. The molecule has 0 aliphatic carbocycles. The number of aromatic nitrogens is 3. The summed E-state index contributed by atoms with van der Waals surface area (Å²) in [6.07, 6.45) is 0. The van der Waals surface area contributed by atoms with E-state index in [1.165, 1.54) is 32.6 Å². The van der Waals surface area contributed by atoms with Crippen LogP contribution in [0.1, 0.15) is 0 Å². The molecule has 0 saturated carbocycles. The minimum atomic E-state index is -0.00107. The third-order valence-electron chi connectivity index (χ3n) is 14.2. The molecule has 5 heterocycles. The first-order chi connectivity index (χ1) is 32.7. The predicted octanol–water partition coefficient (Wildman–Crippen LogP) is 15.6. The van der Waals surface area contributed by atoms with Crippen LogP contribution in [0.3, 0.4) is 0 Å². The number of pyridine rings is 1. The quantitative estimate of drug-likeness (QED) is 0.166. The molecule has 0 aliphatic rings. The van der Waals surface area contributed by atoms with Crippen LogP contribution in [0.5, 0.6) is 0 Å². The van der Waals surface area contributed by atoms with Gasteiger partial charge < -0.3 is 13.6 Å². The van der Waals surface area contributed by atoms with Crippen LogP contribution in [0.15, 0.2) is 222 Å². The van der Waals surface area contributed by atoms with E-state index < -0.39 is 0 Å². The molecule has 0 spiro atoms. The Morgan fingerprint density at radius 1 is 0.318 bits per heavy atom. The number of hydrogen-bond acceptors (Lipinski definition) is 2. The van der Waals surface area contributed by atoms with Gasteiger partial charge in [0, 0.05) is 65.2 Å². The topological polar surface area (TPSA) is 44.5 Å². The zero-order chi connectivity index (χ0) is 43.2. The van der Waals surface area contributed by atoms with E-state index in [4.69, 9.17) is 4.42 Å². The summed E-state index contributed by atoms with van der Waals surface area (Å²) in [4.78, 5) is 14.5. The van der Waals surface area contributed by atoms with Crippen molar-refractivity contribution in [1.82, 2.24) is 13.5 Å². The predicted molar refractivity (Wildman–Crippen MR) is 274 cm³/mol. The molecule has 306 valence electrons. The third-order valence-corrected chi connectivity index (χ3v) is 14.2. The molecule has 5 nitrogen and oxygen atoms in total. The van der Waals surface area contributed by atoms with E-state index in [-0.39, 0.29) is 5.56 Å². The van der Waals surface area contributed by atoms with E-state index in [1.54, 1.807) is 0 Å². The average molecular weight is 842 g/mol. The van der Waals surface area contributed by atoms with Gasteiger partial charge in [-0.1, -0.05) is 133 Å². The molecule has 0 unspecified atom stereocenters. The lowest BCUT2D eigenvalue weighted by molar-refractivity contribution is 0.669. The maximum absolute atomic E-state index is 14.5. The van der Waals surface area contributed by atoms with E-state index >= 15 is 0 Å². The highest BCUT2D eigenvalue weighted by Gasteiger charge is 2.23.